The SMILES string of the molecule is CCc1ccc(O)c(CS(=O)(=O)c2ccc(-c3ccc(F)cc3F)cc2)c1. The van der Waals surface area contributed by atoms with Gasteiger partial charge in [-0.05, 0) is 47.9 Å². The summed E-state index contributed by atoms with van der Waals surface area (Å²) in [7, 11) is -3.69. The molecule has 6 heteroatoms. The smallest absolute Gasteiger partial charge is 0.182 e. The second-order valence-electron chi connectivity index (χ2n) is 6.22. The third-order valence-corrected chi connectivity index (χ3v) is 6.03. The predicted molar refractivity (Wildman–Crippen MR) is 100 cm³/mol. The van der Waals surface area contributed by atoms with Crippen LogP contribution in [0.3, 0.4) is 0 Å². The van der Waals surface area contributed by atoms with Gasteiger partial charge < -0.3 is 5.11 Å². The van der Waals surface area contributed by atoms with E-state index in [4.69, 9.17) is 0 Å². The first-order valence-corrected chi connectivity index (χ1v) is 10.0. The first kappa shape index (κ1) is 19.0. The molecule has 27 heavy (non-hydrogen) atoms. The average Bonchev–Trinajstić information content (AvgIpc) is 2.63. The van der Waals surface area contributed by atoms with Gasteiger partial charge in [0.05, 0.1) is 10.6 Å². The number of rotatable bonds is 5. The normalized spacial score (nSPS) is 11.5. The van der Waals surface area contributed by atoms with Crippen LogP contribution in [-0.2, 0) is 22.0 Å². The Bertz CT molecular complexity index is 1080. The lowest BCUT2D eigenvalue weighted by molar-refractivity contribution is 0.469. The quantitative estimate of drug-likeness (QED) is 0.678. The van der Waals surface area contributed by atoms with Crippen molar-refractivity contribution in [3.63, 3.8) is 0 Å². The van der Waals surface area contributed by atoms with Crippen molar-refractivity contribution in [3.8, 4) is 16.9 Å². The Hall–Kier alpha value is -2.73. The molecule has 0 radical (unpaired) electrons. The number of sulfone groups is 1. The first-order chi connectivity index (χ1) is 12.8. The van der Waals surface area contributed by atoms with Gasteiger partial charge in [0.2, 0.25) is 0 Å². The lowest BCUT2D eigenvalue weighted by Gasteiger charge is -2.09. The van der Waals surface area contributed by atoms with Crippen LogP contribution in [0, 0.1) is 11.6 Å². The van der Waals surface area contributed by atoms with Gasteiger partial charge in [-0.1, -0.05) is 31.2 Å². The standard InChI is InChI=1S/C21H18F2O3S/c1-2-14-3-10-21(24)16(11-14)13-27(25,26)18-7-4-15(5-8-18)19-9-6-17(22)12-20(19)23/h3-12,24H,2,13H2,1H3. The average molecular weight is 388 g/mol. The molecule has 0 aromatic heterocycles. The zero-order chi connectivity index (χ0) is 19.6. The molecule has 3 rings (SSSR count). The Kier molecular flexibility index (Phi) is 5.28. The Balaban J connectivity index is 1.90. The number of phenolic OH excluding ortho intramolecular Hbond substituents is 1. The van der Waals surface area contributed by atoms with Crippen molar-refractivity contribution in [2.24, 2.45) is 0 Å². The van der Waals surface area contributed by atoms with Crippen LogP contribution in [0.5, 0.6) is 5.75 Å². The predicted octanol–water partition coefficient (Wildman–Crippen LogP) is 4.87. The Morgan fingerprint density at radius 1 is 0.926 bits per heavy atom. The Morgan fingerprint density at radius 3 is 2.26 bits per heavy atom. The minimum absolute atomic E-state index is 0.0649. The van der Waals surface area contributed by atoms with Crippen LogP contribution in [0.15, 0.2) is 65.6 Å². The number of hydrogen-bond acceptors (Lipinski definition) is 3. The highest BCUT2D eigenvalue weighted by Crippen LogP contribution is 2.28. The van der Waals surface area contributed by atoms with Gasteiger partial charge in [-0.25, -0.2) is 17.2 Å². The molecule has 1 N–H and O–H groups in total. The number of benzene rings is 3. The maximum atomic E-state index is 13.9. The van der Waals surface area contributed by atoms with Crippen LogP contribution in [0.2, 0.25) is 0 Å². The topological polar surface area (TPSA) is 54.4 Å². The molecule has 3 nitrogen and oxygen atoms in total. The molecule has 0 amide bonds. The number of hydrogen-bond donors (Lipinski definition) is 1. The van der Waals surface area contributed by atoms with Crippen LogP contribution in [0.25, 0.3) is 11.1 Å². The monoisotopic (exact) mass is 388 g/mol. The number of aromatic hydroxyl groups is 1. The molecule has 0 saturated carbocycles. The minimum Gasteiger partial charge on any atom is -0.508 e. The number of halogens is 2. The lowest BCUT2D eigenvalue weighted by Crippen LogP contribution is -2.05. The third kappa shape index (κ3) is 4.17. The minimum atomic E-state index is -3.69. The second kappa shape index (κ2) is 7.48. The molecule has 0 unspecified atom stereocenters. The summed E-state index contributed by atoms with van der Waals surface area (Å²) in [4.78, 5) is 0.0649. The molecule has 0 aliphatic rings. The lowest BCUT2D eigenvalue weighted by atomic mass is 10.1. The summed E-state index contributed by atoms with van der Waals surface area (Å²) in [6.07, 6.45) is 0.727. The third-order valence-electron chi connectivity index (χ3n) is 4.35. The highest BCUT2D eigenvalue weighted by atomic mass is 32.2. The fourth-order valence-electron chi connectivity index (χ4n) is 2.83. The molecule has 0 saturated heterocycles. The molecular weight excluding hydrogens is 370 g/mol. The van der Waals surface area contributed by atoms with Gasteiger partial charge in [0, 0.05) is 17.2 Å². The second-order valence-corrected chi connectivity index (χ2v) is 8.21. The molecule has 0 fully saturated rings. The molecular formula is C21H18F2O3S. The Morgan fingerprint density at radius 2 is 1.63 bits per heavy atom. The molecule has 3 aromatic carbocycles. The van der Waals surface area contributed by atoms with E-state index in [1.807, 2.05) is 6.92 Å². The van der Waals surface area contributed by atoms with Gasteiger partial charge in [0.25, 0.3) is 0 Å². The van der Waals surface area contributed by atoms with Crippen molar-refractivity contribution in [2.75, 3.05) is 0 Å². The highest BCUT2D eigenvalue weighted by molar-refractivity contribution is 7.90. The summed E-state index contributed by atoms with van der Waals surface area (Å²) < 4.78 is 52.3. The first-order valence-electron chi connectivity index (χ1n) is 8.39. The van der Waals surface area contributed by atoms with Crippen LogP contribution in [0.4, 0.5) is 8.78 Å². The van der Waals surface area contributed by atoms with Crippen molar-refractivity contribution in [1.82, 2.24) is 0 Å². The molecule has 0 bridgehead atoms. The molecule has 0 heterocycles. The fourth-order valence-corrected chi connectivity index (χ4v) is 4.19. The van der Waals surface area contributed by atoms with Crippen molar-refractivity contribution < 1.29 is 22.3 Å². The fraction of sp³-hybridized carbons (Fsp3) is 0.143. The van der Waals surface area contributed by atoms with E-state index >= 15 is 0 Å². The van der Waals surface area contributed by atoms with Crippen molar-refractivity contribution in [3.05, 3.63) is 83.4 Å². The van der Waals surface area contributed by atoms with Crippen molar-refractivity contribution in [2.45, 2.75) is 24.0 Å². The van der Waals surface area contributed by atoms with E-state index in [0.29, 0.717) is 11.1 Å². The van der Waals surface area contributed by atoms with E-state index < -0.39 is 21.5 Å². The van der Waals surface area contributed by atoms with E-state index in [-0.39, 0.29) is 22.0 Å². The molecule has 140 valence electrons. The van der Waals surface area contributed by atoms with Crippen LogP contribution in [0.1, 0.15) is 18.1 Å². The van der Waals surface area contributed by atoms with E-state index in [1.165, 1.54) is 36.4 Å². The van der Waals surface area contributed by atoms with E-state index in [1.54, 1.807) is 12.1 Å². The number of phenols is 1. The summed E-state index contributed by atoms with van der Waals surface area (Å²) in [6, 6.07) is 13.9. The molecule has 0 spiro atoms. The Labute approximate surface area is 156 Å². The van der Waals surface area contributed by atoms with Gasteiger partial charge in [-0.2, -0.15) is 0 Å². The maximum Gasteiger partial charge on any atom is 0.182 e. The zero-order valence-electron chi connectivity index (χ0n) is 14.6. The van der Waals surface area contributed by atoms with E-state index in [0.717, 1.165) is 24.1 Å². The number of aryl methyl sites for hydroxylation is 1. The van der Waals surface area contributed by atoms with Crippen LogP contribution >= 0.6 is 0 Å². The molecule has 0 aliphatic carbocycles. The van der Waals surface area contributed by atoms with Gasteiger partial charge >= 0.3 is 0 Å². The van der Waals surface area contributed by atoms with Crippen molar-refractivity contribution in [1.29, 1.82) is 0 Å². The van der Waals surface area contributed by atoms with Gasteiger partial charge in [-0.15, -0.1) is 0 Å². The van der Waals surface area contributed by atoms with Crippen LogP contribution < -0.4 is 0 Å². The zero-order valence-corrected chi connectivity index (χ0v) is 15.4. The van der Waals surface area contributed by atoms with Crippen molar-refractivity contribution >= 4 is 9.84 Å². The highest BCUT2D eigenvalue weighted by Gasteiger charge is 2.18. The van der Waals surface area contributed by atoms with E-state index in [9.17, 15) is 22.3 Å². The molecule has 0 aliphatic heterocycles. The molecule has 3 aromatic rings. The summed E-state index contributed by atoms with van der Waals surface area (Å²) in [6.45, 7) is 1.94. The summed E-state index contributed by atoms with van der Waals surface area (Å²) >= 11 is 0. The van der Waals surface area contributed by atoms with E-state index in [2.05, 4.69) is 0 Å². The largest absolute Gasteiger partial charge is 0.508 e. The summed E-state index contributed by atoms with van der Waals surface area (Å²) in [5.41, 5.74) is 1.90. The summed E-state index contributed by atoms with van der Waals surface area (Å²) in [5.74, 6) is -1.80. The summed E-state index contributed by atoms with van der Waals surface area (Å²) in [5, 5.41) is 9.95. The van der Waals surface area contributed by atoms with Gasteiger partial charge in [-0.3, -0.25) is 0 Å². The molecule has 0 atom stereocenters. The van der Waals surface area contributed by atoms with Gasteiger partial charge in [0.1, 0.15) is 17.4 Å². The van der Waals surface area contributed by atoms with Crippen LogP contribution in [-0.4, -0.2) is 13.5 Å². The van der Waals surface area contributed by atoms with Gasteiger partial charge in [0.15, 0.2) is 9.84 Å². The maximum absolute atomic E-state index is 13.9.